The maximum atomic E-state index is 5.85. The van der Waals surface area contributed by atoms with Crippen molar-refractivity contribution < 1.29 is 4.74 Å². The van der Waals surface area contributed by atoms with Gasteiger partial charge in [-0.1, -0.05) is 0 Å². The number of nitrogen functional groups attached to an aromatic ring is 1. The van der Waals surface area contributed by atoms with Crippen molar-refractivity contribution in [3.63, 3.8) is 0 Å². The van der Waals surface area contributed by atoms with E-state index < -0.39 is 0 Å². The molecule has 74 valence electrons. The van der Waals surface area contributed by atoms with Crippen LogP contribution >= 0.6 is 33.9 Å². The highest BCUT2D eigenvalue weighted by Gasteiger charge is 2.10. The lowest BCUT2D eigenvalue weighted by molar-refractivity contribution is 0.345. The van der Waals surface area contributed by atoms with Crippen LogP contribution in [0, 0.1) is 3.57 Å². The zero-order chi connectivity index (χ0) is 10.1. The molecule has 1 heterocycles. The van der Waals surface area contributed by atoms with Crippen LogP contribution in [0.2, 0.25) is 0 Å². The molecule has 2 aromatic rings. The largest absolute Gasteiger partial charge is 0.492 e. The minimum absolute atomic E-state index is 0.691. The van der Waals surface area contributed by atoms with E-state index >= 15 is 0 Å². The average Bonchev–Trinajstić information content (AvgIpc) is 2.57. The Kier molecular flexibility index (Phi) is 2.83. The quantitative estimate of drug-likeness (QED) is 0.679. The average molecular weight is 319 g/mol. The highest BCUT2D eigenvalue weighted by molar-refractivity contribution is 14.1. The van der Waals surface area contributed by atoms with Gasteiger partial charge in [-0.3, -0.25) is 0 Å². The second-order valence-corrected chi connectivity index (χ2v) is 4.86. The molecule has 0 aliphatic heterocycles. The summed E-state index contributed by atoms with van der Waals surface area (Å²) in [7, 11) is 0. The van der Waals surface area contributed by atoms with E-state index in [0.717, 1.165) is 20.4 Å². The summed E-state index contributed by atoms with van der Waals surface area (Å²) >= 11 is 3.96. The van der Waals surface area contributed by atoms with E-state index in [1.807, 2.05) is 24.4 Å². The molecule has 4 heteroatoms. The Morgan fingerprint density at radius 1 is 1.50 bits per heavy atom. The third-order valence-electron chi connectivity index (χ3n) is 1.97. The molecular weight excluding hydrogens is 309 g/mol. The van der Waals surface area contributed by atoms with Crippen LogP contribution in [0.5, 0.6) is 5.75 Å². The first-order valence-corrected chi connectivity index (χ1v) is 6.28. The molecule has 2 rings (SSSR count). The molecule has 1 aromatic carbocycles. The highest BCUT2D eigenvalue weighted by atomic mass is 127. The summed E-state index contributed by atoms with van der Waals surface area (Å²) in [6.07, 6.45) is 0. The van der Waals surface area contributed by atoms with E-state index in [-0.39, 0.29) is 0 Å². The van der Waals surface area contributed by atoms with Gasteiger partial charge in [-0.15, -0.1) is 11.3 Å². The summed E-state index contributed by atoms with van der Waals surface area (Å²) in [5, 5.41) is 3.19. The van der Waals surface area contributed by atoms with Gasteiger partial charge in [-0.05, 0) is 41.6 Å². The van der Waals surface area contributed by atoms with Gasteiger partial charge in [0.2, 0.25) is 0 Å². The van der Waals surface area contributed by atoms with E-state index in [1.54, 1.807) is 11.3 Å². The van der Waals surface area contributed by atoms with Crippen molar-refractivity contribution in [2.45, 2.75) is 6.92 Å². The molecule has 0 amide bonds. The topological polar surface area (TPSA) is 35.2 Å². The van der Waals surface area contributed by atoms with Crippen molar-refractivity contribution >= 4 is 49.7 Å². The molecule has 0 spiro atoms. The number of nitrogens with two attached hydrogens (primary N) is 1. The maximum absolute atomic E-state index is 5.85. The Hall–Kier alpha value is -0.490. The predicted molar refractivity (Wildman–Crippen MR) is 70.1 cm³/mol. The van der Waals surface area contributed by atoms with Crippen molar-refractivity contribution in [1.29, 1.82) is 0 Å². The van der Waals surface area contributed by atoms with Gasteiger partial charge >= 0.3 is 0 Å². The first kappa shape index (κ1) is 10.0. The van der Waals surface area contributed by atoms with Crippen molar-refractivity contribution in [2.75, 3.05) is 12.3 Å². The normalized spacial score (nSPS) is 10.7. The van der Waals surface area contributed by atoms with Gasteiger partial charge in [0, 0.05) is 19.3 Å². The Labute approximate surface area is 100 Å². The molecular formula is C10H10INOS. The van der Waals surface area contributed by atoms with Crippen molar-refractivity contribution in [1.82, 2.24) is 0 Å². The molecule has 0 atom stereocenters. The number of ether oxygens (including phenoxy) is 1. The molecule has 0 aliphatic carbocycles. The number of rotatable bonds is 2. The van der Waals surface area contributed by atoms with Gasteiger partial charge in [-0.2, -0.15) is 0 Å². The van der Waals surface area contributed by atoms with Crippen LogP contribution in [0.25, 0.3) is 10.1 Å². The SMILES string of the molecule is CCOc1csc2ccc(N)c(I)c12. The van der Waals surface area contributed by atoms with E-state index in [4.69, 9.17) is 10.5 Å². The first-order valence-electron chi connectivity index (χ1n) is 4.32. The zero-order valence-electron chi connectivity index (χ0n) is 7.71. The van der Waals surface area contributed by atoms with Crippen LogP contribution in [-0.4, -0.2) is 6.61 Å². The van der Waals surface area contributed by atoms with Gasteiger partial charge < -0.3 is 10.5 Å². The number of hydrogen-bond donors (Lipinski definition) is 1. The van der Waals surface area contributed by atoms with E-state index in [1.165, 1.54) is 4.70 Å². The molecule has 2 N–H and O–H groups in total. The van der Waals surface area contributed by atoms with Crippen LogP contribution in [-0.2, 0) is 0 Å². The standard InChI is InChI=1S/C10H10INOS/c1-2-13-7-5-14-8-4-3-6(12)10(11)9(7)8/h3-5H,2,12H2,1H3. The summed E-state index contributed by atoms with van der Waals surface area (Å²) < 4.78 is 7.86. The molecule has 1 aromatic heterocycles. The first-order chi connectivity index (χ1) is 6.74. The Morgan fingerprint density at radius 3 is 3.00 bits per heavy atom. The molecule has 0 radical (unpaired) electrons. The van der Waals surface area contributed by atoms with Crippen LogP contribution in [0.15, 0.2) is 17.5 Å². The minimum atomic E-state index is 0.691. The third kappa shape index (κ3) is 1.56. The monoisotopic (exact) mass is 319 g/mol. The fraction of sp³-hybridized carbons (Fsp3) is 0.200. The van der Waals surface area contributed by atoms with Crippen LogP contribution in [0.3, 0.4) is 0 Å². The van der Waals surface area contributed by atoms with Crippen molar-refractivity contribution in [2.24, 2.45) is 0 Å². The number of thiophene rings is 1. The predicted octanol–water partition coefficient (Wildman–Crippen LogP) is 3.49. The molecule has 0 saturated carbocycles. The van der Waals surface area contributed by atoms with Crippen LogP contribution in [0.4, 0.5) is 5.69 Å². The summed E-state index contributed by atoms with van der Waals surface area (Å²) in [6.45, 7) is 2.68. The van der Waals surface area contributed by atoms with Gasteiger partial charge in [0.05, 0.1) is 12.0 Å². The number of anilines is 1. The number of hydrogen-bond acceptors (Lipinski definition) is 3. The van der Waals surface area contributed by atoms with Crippen LogP contribution < -0.4 is 10.5 Å². The molecule has 0 saturated heterocycles. The van der Waals surface area contributed by atoms with Crippen molar-refractivity contribution in [3.8, 4) is 5.75 Å². The lowest BCUT2D eigenvalue weighted by Gasteiger charge is -2.04. The number of fused-ring (bicyclic) bond motifs is 1. The molecule has 0 aliphatic rings. The molecule has 2 nitrogen and oxygen atoms in total. The Bertz CT molecular complexity index is 466. The molecule has 0 bridgehead atoms. The number of halogens is 1. The number of benzene rings is 1. The van der Waals surface area contributed by atoms with E-state index in [0.29, 0.717) is 6.61 Å². The van der Waals surface area contributed by atoms with E-state index in [2.05, 4.69) is 22.6 Å². The highest BCUT2D eigenvalue weighted by Crippen LogP contribution is 2.37. The van der Waals surface area contributed by atoms with Gasteiger partial charge in [-0.25, -0.2) is 0 Å². The smallest absolute Gasteiger partial charge is 0.138 e. The molecule has 14 heavy (non-hydrogen) atoms. The maximum Gasteiger partial charge on any atom is 0.138 e. The van der Waals surface area contributed by atoms with E-state index in [9.17, 15) is 0 Å². The minimum Gasteiger partial charge on any atom is -0.492 e. The second kappa shape index (κ2) is 3.94. The Morgan fingerprint density at radius 2 is 2.29 bits per heavy atom. The van der Waals surface area contributed by atoms with Crippen molar-refractivity contribution in [3.05, 3.63) is 21.1 Å². The summed E-state index contributed by atoms with van der Waals surface area (Å²) in [5.74, 6) is 0.948. The summed E-state index contributed by atoms with van der Waals surface area (Å²) in [5.41, 5.74) is 6.67. The van der Waals surface area contributed by atoms with Gasteiger partial charge in [0.25, 0.3) is 0 Å². The fourth-order valence-corrected chi connectivity index (χ4v) is 3.15. The second-order valence-electron chi connectivity index (χ2n) is 2.87. The summed E-state index contributed by atoms with van der Waals surface area (Å²) in [6, 6.07) is 3.98. The Balaban J connectivity index is 2.69. The van der Waals surface area contributed by atoms with Gasteiger partial charge in [0.15, 0.2) is 0 Å². The molecule has 0 fully saturated rings. The third-order valence-corrected chi connectivity index (χ3v) is 4.06. The lowest BCUT2D eigenvalue weighted by atomic mass is 10.2. The molecule has 0 unspecified atom stereocenters. The van der Waals surface area contributed by atoms with Gasteiger partial charge in [0.1, 0.15) is 5.75 Å². The fourth-order valence-electron chi connectivity index (χ4n) is 1.34. The van der Waals surface area contributed by atoms with Crippen LogP contribution in [0.1, 0.15) is 6.92 Å². The summed E-state index contributed by atoms with van der Waals surface area (Å²) in [4.78, 5) is 0. The lowest BCUT2D eigenvalue weighted by Crippen LogP contribution is -1.93. The zero-order valence-corrected chi connectivity index (χ0v) is 10.7.